The average molecular weight is 375 g/mol. The molecule has 2 aromatic carbocycles. The largest absolute Gasteiger partial charge is 0.497 e. The molecule has 0 aliphatic heterocycles. The maximum absolute atomic E-state index is 12.5. The highest BCUT2D eigenvalue weighted by molar-refractivity contribution is 6.04. The van der Waals surface area contributed by atoms with Gasteiger partial charge in [0, 0.05) is 30.5 Å². The van der Waals surface area contributed by atoms with Crippen molar-refractivity contribution in [2.75, 3.05) is 17.3 Å². The van der Waals surface area contributed by atoms with Crippen molar-refractivity contribution in [3.05, 3.63) is 84.1 Å². The molecule has 0 unspecified atom stereocenters. The van der Waals surface area contributed by atoms with E-state index >= 15 is 0 Å². The molecule has 1 amide bonds. The van der Waals surface area contributed by atoms with Crippen molar-refractivity contribution < 1.29 is 9.53 Å². The van der Waals surface area contributed by atoms with Gasteiger partial charge in [0.25, 0.3) is 5.91 Å². The van der Waals surface area contributed by atoms with E-state index in [4.69, 9.17) is 4.74 Å². The summed E-state index contributed by atoms with van der Waals surface area (Å²) >= 11 is 0. The monoisotopic (exact) mass is 375 g/mol. The van der Waals surface area contributed by atoms with Crippen LogP contribution in [0.2, 0.25) is 0 Å². The van der Waals surface area contributed by atoms with E-state index in [-0.39, 0.29) is 11.9 Å². The van der Waals surface area contributed by atoms with Crippen LogP contribution in [-0.4, -0.2) is 24.0 Å². The van der Waals surface area contributed by atoms with Gasteiger partial charge in [-0.3, -0.25) is 4.79 Å². The van der Waals surface area contributed by atoms with Crippen molar-refractivity contribution in [1.82, 2.24) is 4.98 Å². The van der Waals surface area contributed by atoms with Crippen LogP contribution in [0.3, 0.4) is 0 Å². The van der Waals surface area contributed by atoms with Gasteiger partial charge in [0.15, 0.2) is 0 Å². The average Bonchev–Trinajstić information content (AvgIpc) is 2.73. The lowest BCUT2D eigenvalue weighted by Crippen LogP contribution is -2.31. The number of carbonyl (C=O) groups is 1. The number of amides is 1. The minimum atomic E-state index is -0.202. The number of benzene rings is 2. The quantitative estimate of drug-likeness (QED) is 0.647. The number of hydrogen-bond donors (Lipinski definition) is 1. The van der Waals surface area contributed by atoms with Crippen LogP contribution in [0.15, 0.2) is 72.9 Å². The lowest BCUT2D eigenvalue weighted by Gasteiger charge is -2.28. The molecule has 0 saturated carbocycles. The zero-order valence-corrected chi connectivity index (χ0v) is 16.4. The van der Waals surface area contributed by atoms with E-state index in [0.717, 1.165) is 12.4 Å². The lowest BCUT2D eigenvalue weighted by molar-refractivity contribution is 0.102. The van der Waals surface area contributed by atoms with Crippen molar-refractivity contribution in [1.29, 1.82) is 0 Å². The zero-order valence-electron chi connectivity index (χ0n) is 16.4. The topological polar surface area (TPSA) is 54.5 Å². The Labute approximate surface area is 166 Å². The van der Waals surface area contributed by atoms with Crippen LogP contribution in [0, 0.1) is 0 Å². The fourth-order valence-electron chi connectivity index (χ4n) is 2.90. The minimum absolute atomic E-state index is 0.202. The highest BCUT2D eigenvalue weighted by Gasteiger charge is 2.14. The number of pyridine rings is 1. The zero-order chi connectivity index (χ0) is 19.9. The number of aromatic nitrogens is 1. The molecular weight excluding hydrogens is 350 g/mol. The van der Waals surface area contributed by atoms with E-state index in [0.29, 0.717) is 17.0 Å². The third-order valence-corrected chi connectivity index (χ3v) is 4.45. The van der Waals surface area contributed by atoms with Crippen LogP contribution >= 0.6 is 0 Å². The molecule has 0 aliphatic carbocycles. The van der Waals surface area contributed by atoms with Gasteiger partial charge in [-0.15, -0.1) is 0 Å². The molecule has 5 heteroatoms. The van der Waals surface area contributed by atoms with E-state index in [1.54, 1.807) is 25.4 Å². The van der Waals surface area contributed by atoms with Gasteiger partial charge in [-0.25, -0.2) is 4.98 Å². The highest BCUT2D eigenvalue weighted by atomic mass is 16.5. The van der Waals surface area contributed by atoms with Gasteiger partial charge in [0.2, 0.25) is 0 Å². The van der Waals surface area contributed by atoms with Crippen molar-refractivity contribution >= 4 is 17.4 Å². The van der Waals surface area contributed by atoms with E-state index < -0.39 is 0 Å². The van der Waals surface area contributed by atoms with Gasteiger partial charge in [-0.2, -0.15) is 0 Å². The number of nitrogens with one attached hydrogen (secondary N) is 1. The van der Waals surface area contributed by atoms with Gasteiger partial charge in [0.05, 0.1) is 12.7 Å². The molecule has 0 radical (unpaired) electrons. The summed E-state index contributed by atoms with van der Waals surface area (Å²) in [6, 6.07) is 21.5. The summed E-state index contributed by atoms with van der Waals surface area (Å²) < 4.78 is 5.19. The Kier molecular flexibility index (Phi) is 6.27. The number of carbonyl (C=O) groups excluding carboxylic acids is 1. The number of hydrogen-bond acceptors (Lipinski definition) is 4. The fourth-order valence-corrected chi connectivity index (χ4v) is 2.90. The second-order valence-corrected chi connectivity index (χ2v) is 6.80. The standard InChI is InChI=1S/C23H25N3O2/c1-17(2)26(16-18-8-5-4-6-9-18)22-13-12-19(15-24-22)23(27)25-20-10-7-11-21(14-20)28-3/h4-15,17H,16H2,1-3H3,(H,25,27). The third-order valence-electron chi connectivity index (χ3n) is 4.45. The van der Waals surface area contributed by atoms with Crippen molar-refractivity contribution in [2.45, 2.75) is 26.4 Å². The first-order valence-electron chi connectivity index (χ1n) is 9.29. The third kappa shape index (κ3) is 4.88. The van der Waals surface area contributed by atoms with Crippen LogP contribution in [0.1, 0.15) is 29.8 Å². The van der Waals surface area contributed by atoms with Gasteiger partial charge >= 0.3 is 0 Å². The Balaban J connectivity index is 1.72. The predicted octanol–water partition coefficient (Wildman–Crippen LogP) is 4.76. The molecule has 0 fully saturated rings. The van der Waals surface area contributed by atoms with Crippen LogP contribution in [0.25, 0.3) is 0 Å². The molecule has 1 N–H and O–H groups in total. The summed E-state index contributed by atoms with van der Waals surface area (Å²) in [4.78, 5) is 19.3. The summed E-state index contributed by atoms with van der Waals surface area (Å²) in [5.41, 5.74) is 2.41. The number of ether oxygens (including phenoxy) is 1. The van der Waals surface area contributed by atoms with Crippen LogP contribution in [-0.2, 0) is 6.54 Å². The van der Waals surface area contributed by atoms with E-state index in [2.05, 4.69) is 41.2 Å². The maximum atomic E-state index is 12.5. The normalized spacial score (nSPS) is 10.6. The van der Waals surface area contributed by atoms with Crippen molar-refractivity contribution in [2.24, 2.45) is 0 Å². The molecular formula is C23H25N3O2. The highest BCUT2D eigenvalue weighted by Crippen LogP contribution is 2.20. The van der Waals surface area contributed by atoms with Gasteiger partial charge < -0.3 is 15.0 Å². The molecule has 0 bridgehead atoms. The number of anilines is 2. The molecule has 3 rings (SSSR count). The SMILES string of the molecule is COc1cccc(NC(=O)c2ccc(N(Cc3ccccc3)C(C)C)nc2)c1. The molecule has 3 aromatic rings. The minimum Gasteiger partial charge on any atom is -0.497 e. The second-order valence-electron chi connectivity index (χ2n) is 6.80. The smallest absolute Gasteiger partial charge is 0.257 e. The Hall–Kier alpha value is -3.34. The van der Waals surface area contributed by atoms with Crippen LogP contribution < -0.4 is 15.0 Å². The van der Waals surface area contributed by atoms with E-state index in [1.165, 1.54) is 5.56 Å². The molecule has 0 atom stereocenters. The first-order valence-corrected chi connectivity index (χ1v) is 9.29. The molecule has 28 heavy (non-hydrogen) atoms. The fraction of sp³-hybridized carbons (Fsp3) is 0.217. The molecule has 144 valence electrons. The summed E-state index contributed by atoms with van der Waals surface area (Å²) in [5, 5.41) is 2.87. The molecule has 1 heterocycles. The predicted molar refractivity (Wildman–Crippen MR) is 113 cm³/mol. The number of rotatable bonds is 7. The molecule has 0 spiro atoms. The first-order chi connectivity index (χ1) is 13.6. The van der Waals surface area contributed by atoms with Crippen LogP contribution in [0.4, 0.5) is 11.5 Å². The summed E-state index contributed by atoms with van der Waals surface area (Å²) in [6.07, 6.45) is 1.62. The Morgan fingerprint density at radius 3 is 2.50 bits per heavy atom. The molecule has 0 saturated heterocycles. The van der Waals surface area contributed by atoms with Gasteiger partial charge in [0.1, 0.15) is 11.6 Å². The van der Waals surface area contributed by atoms with E-state index in [1.807, 2.05) is 42.5 Å². The van der Waals surface area contributed by atoms with Crippen molar-refractivity contribution in [3.63, 3.8) is 0 Å². The van der Waals surface area contributed by atoms with Gasteiger partial charge in [-0.1, -0.05) is 36.4 Å². The summed E-state index contributed by atoms with van der Waals surface area (Å²) in [5.74, 6) is 1.34. The Morgan fingerprint density at radius 2 is 1.86 bits per heavy atom. The molecule has 1 aromatic heterocycles. The number of nitrogens with zero attached hydrogens (tertiary/aromatic N) is 2. The molecule has 0 aliphatic rings. The summed E-state index contributed by atoms with van der Waals surface area (Å²) in [7, 11) is 1.60. The van der Waals surface area contributed by atoms with Crippen molar-refractivity contribution in [3.8, 4) is 5.75 Å². The second kappa shape index (κ2) is 9.04. The maximum Gasteiger partial charge on any atom is 0.257 e. The van der Waals surface area contributed by atoms with Gasteiger partial charge in [-0.05, 0) is 43.7 Å². The van der Waals surface area contributed by atoms with Crippen LogP contribution in [0.5, 0.6) is 5.75 Å². The number of methoxy groups -OCH3 is 1. The Morgan fingerprint density at radius 1 is 1.07 bits per heavy atom. The molecule has 5 nitrogen and oxygen atoms in total. The van der Waals surface area contributed by atoms with E-state index in [9.17, 15) is 4.79 Å². The first kappa shape index (κ1) is 19.4. The lowest BCUT2D eigenvalue weighted by atomic mass is 10.2. The Bertz CT molecular complexity index is 909. The summed E-state index contributed by atoms with van der Waals surface area (Å²) in [6.45, 7) is 5.03.